The highest BCUT2D eigenvalue weighted by Gasteiger charge is 2.45. The Bertz CT molecular complexity index is 321. The van der Waals surface area contributed by atoms with Gasteiger partial charge in [0, 0.05) is 13.1 Å². The number of hydrogen-bond acceptors (Lipinski definition) is 3. The van der Waals surface area contributed by atoms with Gasteiger partial charge in [0.15, 0.2) is 0 Å². The molecule has 2 N–H and O–H groups in total. The van der Waals surface area contributed by atoms with Gasteiger partial charge in [0.05, 0.1) is 6.04 Å². The summed E-state index contributed by atoms with van der Waals surface area (Å²) < 4.78 is 0. The molecule has 104 valence electrons. The van der Waals surface area contributed by atoms with E-state index in [0.29, 0.717) is 5.41 Å². The van der Waals surface area contributed by atoms with Crippen molar-refractivity contribution in [3.05, 3.63) is 0 Å². The van der Waals surface area contributed by atoms with Crippen LogP contribution in [-0.2, 0) is 4.79 Å². The third-order valence-corrected chi connectivity index (χ3v) is 5.33. The SMILES string of the molecule is CC(C)[C@H](N)C(=O)N1CC[C@]2(CC[C@H](CS)C2)C1. The summed E-state index contributed by atoms with van der Waals surface area (Å²) >= 11 is 4.41. The van der Waals surface area contributed by atoms with Crippen LogP contribution in [0.3, 0.4) is 0 Å². The molecular weight excluding hydrogens is 244 g/mol. The van der Waals surface area contributed by atoms with Crippen LogP contribution < -0.4 is 5.73 Å². The zero-order chi connectivity index (χ0) is 13.3. The molecule has 2 aliphatic rings. The van der Waals surface area contributed by atoms with Crippen LogP contribution in [0.5, 0.6) is 0 Å². The van der Waals surface area contributed by atoms with E-state index >= 15 is 0 Å². The molecule has 1 saturated heterocycles. The van der Waals surface area contributed by atoms with Gasteiger partial charge in [0.1, 0.15) is 0 Å². The Labute approximate surface area is 116 Å². The summed E-state index contributed by atoms with van der Waals surface area (Å²) in [6, 6.07) is -0.331. The lowest BCUT2D eigenvalue weighted by atomic mass is 9.84. The molecule has 18 heavy (non-hydrogen) atoms. The van der Waals surface area contributed by atoms with Crippen LogP contribution in [0.2, 0.25) is 0 Å². The maximum Gasteiger partial charge on any atom is 0.239 e. The van der Waals surface area contributed by atoms with Crippen molar-refractivity contribution in [2.45, 2.75) is 45.6 Å². The zero-order valence-electron chi connectivity index (χ0n) is 11.6. The second-order valence-electron chi connectivity index (χ2n) is 6.57. The van der Waals surface area contributed by atoms with Crippen molar-refractivity contribution in [2.75, 3.05) is 18.8 Å². The van der Waals surface area contributed by atoms with Gasteiger partial charge in [-0.15, -0.1) is 0 Å². The summed E-state index contributed by atoms with van der Waals surface area (Å²) in [5.74, 6) is 2.11. The van der Waals surface area contributed by atoms with Gasteiger partial charge in [-0.1, -0.05) is 13.8 Å². The number of rotatable bonds is 3. The Morgan fingerprint density at radius 2 is 2.22 bits per heavy atom. The first-order valence-corrected chi connectivity index (χ1v) is 7.76. The Morgan fingerprint density at radius 1 is 1.50 bits per heavy atom. The van der Waals surface area contributed by atoms with E-state index in [2.05, 4.69) is 12.6 Å². The molecule has 0 bridgehead atoms. The van der Waals surface area contributed by atoms with E-state index in [-0.39, 0.29) is 17.9 Å². The zero-order valence-corrected chi connectivity index (χ0v) is 12.5. The summed E-state index contributed by atoms with van der Waals surface area (Å²) in [6.45, 7) is 5.86. The van der Waals surface area contributed by atoms with Crippen LogP contribution in [-0.4, -0.2) is 35.7 Å². The van der Waals surface area contributed by atoms with Crippen molar-refractivity contribution in [3.8, 4) is 0 Å². The fourth-order valence-electron chi connectivity index (χ4n) is 3.47. The highest BCUT2D eigenvalue weighted by atomic mass is 32.1. The molecule has 2 fully saturated rings. The third-order valence-electron chi connectivity index (χ3n) is 4.82. The highest BCUT2D eigenvalue weighted by molar-refractivity contribution is 7.80. The minimum Gasteiger partial charge on any atom is -0.341 e. The number of thiol groups is 1. The lowest BCUT2D eigenvalue weighted by Gasteiger charge is -2.26. The highest BCUT2D eigenvalue weighted by Crippen LogP contribution is 2.48. The lowest BCUT2D eigenvalue weighted by molar-refractivity contribution is -0.132. The van der Waals surface area contributed by atoms with Crippen LogP contribution in [0.15, 0.2) is 0 Å². The molecule has 0 aromatic rings. The number of amides is 1. The molecule has 1 aliphatic heterocycles. The van der Waals surface area contributed by atoms with Gasteiger partial charge in [0.25, 0.3) is 0 Å². The second-order valence-corrected chi connectivity index (χ2v) is 6.94. The van der Waals surface area contributed by atoms with E-state index in [1.807, 2.05) is 18.7 Å². The van der Waals surface area contributed by atoms with E-state index in [9.17, 15) is 4.79 Å². The van der Waals surface area contributed by atoms with Crippen LogP contribution in [0.1, 0.15) is 39.5 Å². The molecule has 1 spiro atoms. The van der Waals surface area contributed by atoms with Crippen LogP contribution >= 0.6 is 12.6 Å². The van der Waals surface area contributed by atoms with Gasteiger partial charge in [0.2, 0.25) is 5.91 Å². The van der Waals surface area contributed by atoms with E-state index in [1.165, 1.54) is 19.3 Å². The number of carbonyl (C=O) groups excluding carboxylic acids is 1. The van der Waals surface area contributed by atoms with Gasteiger partial charge in [-0.2, -0.15) is 12.6 Å². The first-order chi connectivity index (χ1) is 8.47. The largest absolute Gasteiger partial charge is 0.341 e. The molecule has 2 rings (SSSR count). The van der Waals surface area contributed by atoms with Crippen molar-refractivity contribution in [1.82, 2.24) is 4.90 Å². The lowest BCUT2D eigenvalue weighted by Crippen LogP contribution is -2.46. The number of nitrogens with two attached hydrogens (primary N) is 1. The molecule has 1 heterocycles. The standard InChI is InChI=1S/C14H26N2OS/c1-10(2)12(15)13(17)16-6-5-14(9-16)4-3-11(7-14)8-18/h10-12,18H,3-9,15H2,1-2H3/t11-,12-,14-/m0/s1. The molecule has 3 atom stereocenters. The second kappa shape index (κ2) is 5.41. The van der Waals surface area contributed by atoms with Gasteiger partial charge in [-0.05, 0) is 48.7 Å². The molecule has 4 heteroatoms. The molecule has 1 aliphatic carbocycles. The molecule has 0 unspecified atom stereocenters. The summed E-state index contributed by atoms with van der Waals surface area (Å²) in [4.78, 5) is 14.3. The molecule has 0 aromatic heterocycles. The molecule has 1 saturated carbocycles. The average molecular weight is 270 g/mol. The average Bonchev–Trinajstić information content (AvgIpc) is 2.95. The van der Waals surface area contributed by atoms with Crippen molar-refractivity contribution in [1.29, 1.82) is 0 Å². The van der Waals surface area contributed by atoms with E-state index < -0.39 is 0 Å². The minimum absolute atomic E-state index is 0.149. The monoisotopic (exact) mass is 270 g/mol. The first-order valence-electron chi connectivity index (χ1n) is 7.13. The van der Waals surface area contributed by atoms with Crippen molar-refractivity contribution >= 4 is 18.5 Å². The van der Waals surface area contributed by atoms with Gasteiger partial charge < -0.3 is 10.6 Å². The van der Waals surface area contributed by atoms with Crippen molar-refractivity contribution in [2.24, 2.45) is 23.0 Å². The summed E-state index contributed by atoms with van der Waals surface area (Å²) in [6.07, 6.45) is 4.95. The Hall–Kier alpha value is -0.220. The fourth-order valence-corrected chi connectivity index (χ4v) is 3.78. The molecule has 0 radical (unpaired) electrons. The maximum atomic E-state index is 12.3. The van der Waals surface area contributed by atoms with Crippen LogP contribution in [0.25, 0.3) is 0 Å². The summed E-state index contributed by atoms with van der Waals surface area (Å²) in [5.41, 5.74) is 6.37. The predicted octanol–water partition coefficient (Wildman–Crippen LogP) is 1.92. The minimum atomic E-state index is -0.331. The van der Waals surface area contributed by atoms with Crippen LogP contribution in [0, 0.1) is 17.3 Å². The van der Waals surface area contributed by atoms with Crippen molar-refractivity contribution in [3.63, 3.8) is 0 Å². The molecule has 3 nitrogen and oxygen atoms in total. The van der Waals surface area contributed by atoms with E-state index in [4.69, 9.17) is 5.73 Å². The van der Waals surface area contributed by atoms with Gasteiger partial charge >= 0.3 is 0 Å². The Morgan fingerprint density at radius 3 is 2.78 bits per heavy atom. The van der Waals surface area contributed by atoms with E-state index in [0.717, 1.165) is 31.2 Å². The van der Waals surface area contributed by atoms with Gasteiger partial charge in [-0.3, -0.25) is 4.79 Å². The molecular formula is C14H26N2OS. The summed E-state index contributed by atoms with van der Waals surface area (Å²) in [7, 11) is 0. The summed E-state index contributed by atoms with van der Waals surface area (Å²) in [5, 5.41) is 0. The topological polar surface area (TPSA) is 46.3 Å². The fraction of sp³-hybridized carbons (Fsp3) is 0.929. The van der Waals surface area contributed by atoms with Crippen molar-refractivity contribution < 1.29 is 4.79 Å². The van der Waals surface area contributed by atoms with Gasteiger partial charge in [-0.25, -0.2) is 0 Å². The molecule has 1 amide bonds. The normalized spacial score (nSPS) is 33.6. The molecule has 0 aromatic carbocycles. The Kier molecular flexibility index (Phi) is 4.27. The quantitative estimate of drug-likeness (QED) is 0.770. The maximum absolute atomic E-state index is 12.3. The smallest absolute Gasteiger partial charge is 0.239 e. The predicted molar refractivity (Wildman–Crippen MR) is 77.6 cm³/mol. The Balaban J connectivity index is 1.94. The third kappa shape index (κ3) is 2.69. The number of carbonyl (C=O) groups is 1. The van der Waals surface area contributed by atoms with Crippen LogP contribution in [0.4, 0.5) is 0 Å². The first kappa shape index (κ1) is 14.2. The number of hydrogen-bond donors (Lipinski definition) is 2. The number of nitrogens with zero attached hydrogens (tertiary/aromatic N) is 1. The van der Waals surface area contributed by atoms with E-state index in [1.54, 1.807) is 0 Å². The number of likely N-dealkylation sites (tertiary alicyclic amines) is 1.